The van der Waals surface area contributed by atoms with Crippen molar-refractivity contribution in [1.82, 2.24) is 13.7 Å². The molecule has 0 N–H and O–H groups in total. The van der Waals surface area contributed by atoms with E-state index in [9.17, 15) is 0 Å². The van der Waals surface area contributed by atoms with E-state index in [1.54, 1.807) is 0 Å². The van der Waals surface area contributed by atoms with Gasteiger partial charge in [-0.1, -0.05) is 146 Å². The van der Waals surface area contributed by atoms with Crippen LogP contribution in [0.2, 0.25) is 0 Å². The van der Waals surface area contributed by atoms with Crippen LogP contribution in [0, 0.1) is 5.92 Å². The van der Waals surface area contributed by atoms with Gasteiger partial charge in [-0.25, -0.2) is 0 Å². The molecule has 3 atom stereocenters. The second-order valence-electron chi connectivity index (χ2n) is 18.7. The first-order valence-electron chi connectivity index (χ1n) is 23.3. The lowest BCUT2D eigenvalue weighted by molar-refractivity contribution is 0.161. The summed E-state index contributed by atoms with van der Waals surface area (Å²) in [6, 6.07) is 68.9. The first-order chi connectivity index (χ1) is 32.5. The Hall–Kier alpha value is -8.08. The van der Waals surface area contributed by atoms with Crippen molar-refractivity contribution in [3.05, 3.63) is 229 Å². The van der Waals surface area contributed by atoms with E-state index in [1.165, 1.54) is 93.7 Å². The van der Waals surface area contributed by atoms with Crippen molar-refractivity contribution in [2.24, 2.45) is 5.92 Å². The zero-order valence-electron chi connectivity index (χ0n) is 36.8. The Kier molecular flexibility index (Phi) is 7.89. The highest BCUT2D eigenvalue weighted by atomic mass is 16.5. The number of para-hydroxylation sites is 6. The number of benzene rings is 8. The van der Waals surface area contributed by atoms with E-state index in [-0.39, 0.29) is 5.92 Å². The predicted molar refractivity (Wildman–Crippen MR) is 275 cm³/mol. The zero-order chi connectivity index (χ0) is 43.7. The summed E-state index contributed by atoms with van der Waals surface area (Å²) in [5.74, 6) is 1.36. The number of hydrogen-bond acceptors (Lipinski definition) is 1. The number of rotatable bonds is 5. The van der Waals surface area contributed by atoms with Gasteiger partial charge in [0.15, 0.2) is 5.60 Å². The highest BCUT2D eigenvalue weighted by Gasteiger charge is 2.50. The SMILES string of the molecule is CC1C=Cc2c(c3cc(-c4cccc5c4OC4(C)C(n6c7ccccc7c7ccccc76)=CC(c6cccc(-n7c8ccccc8c8ccccc87)c6)=CC54)ccc3n2-c2ccccc2)C1. The van der Waals surface area contributed by atoms with Crippen LogP contribution in [0.4, 0.5) is 0 Å². The second-order valence-corrected chi connectivity index (χ2v) is 18.7. The van der Waals surface area contributed by atoms with Crippen LogP contribution in [0.25, 0.3) is 94.4 Å². The summed E-state index contributed by atoms with van der Waals surface area (Å²) < 4.78 is 15.0. The Labute approximate surface area is 383 Å². The average Bonchev–Trinajstić information content (AvgIpc) is 4.08. The molecule has 2 aliphatic carbocycles. The van der Waals surface area contributed by atoms with Crippen molar-refractivity contribution < 1.29 is 4.74 Å². The molecule has 0 bridgehead atoms. The molecule has 8 aromatic carbocycles. The second kappa shape index (κ2) is 14.0. The number of allylic oxidation sites excluding steroid dienone is 3. The van der Waals surface area contributed by atoms with Gasteiger partial charge in [0.1, 0.15) is 5.75 Å². The Morgan fingerprint density at radius 3 is 1.79 bits per heavy atom. The van der Waals surface area contributed by atoms with Crippen molar-refractivity contribution >= 4 is 71.9 Å². The van der Waals surface area contributed by atoms with Crippen LogP contribution in [0.3, 0.4) is 0 Å². The predicted octanol–water partition coefficient (Wildman–Crippen LogP) is 15.6. The topological polar surface area (TPSA) is 24.0 Å². The molecule has 3 aromatic heterocycles. The summed E-state index contributed by atoms with van der Waals surface area (Å²) in [6.45, 7) is 4.63. The summed E-state index contributed by atoms with van der Waals surface area (Å²) in [5.41, 5.74) is 17.2. The smallest absolute Gasteiger partial charge is 0.157 e. The van der Waals surface area contributed by atoms with Gasteiger partial charge in [-0.3, -0.25) is 0 Å². The van der Waals surface area contributed by atoms with Gasteiger partial charge < -0.3 is 18.4 Å². The lowest BCUT2D eigenvalue weighted by Gasteiger charge is -2.37. The molecule has 11 aromatic rings. The Bertz CT molecular complexity index is 3820. The fourth-order valence-electron chi connectivity index (χ4n) is 11.8. The Balaban J connectivity index is 0.974. The standard InChI is InChI=1S/C62H45N3O/c1-39-30-32-58-51(34-39)52-36-41(31-33-59(52)63(58)43-17-4-3-5-18-43)45-24-15-25-50-53-37-42(40-16-14-19-44(35-40)64-54-26-10-6-20-46(54)47-21-7-11-27-55(47)64)38-60(62(53,2)66-61(45)50)65-56-28-12-8-22-48(56)49-23-9-13-29-57(49)65/h3-33,35-39,53H,34H2,1-2H3. The molecular formula is C62H45N3O. The van der Waals surface area contributed by atoms with Crippen LogP contribution in [0.15, 0.2) is 206 Å². The van der Waals surface area contributed by atoms with Gasteiger partial charge in [-0.05, 0) is 114 Å². The van der Waals surface area contributed by atoms with Crippen molar-refractivity contribution in [2.45, 2.75) is 31.8 Å². The third-order valence-corrected chi connectivity index (χ3v) is 14.8. The molecule has 0 spiro atoms. The quantitative estimate of drug-likeness (QED) is 0.169. The van der Waals surface area contributed by atoms with Crippen molar-refractivity contribution in [3.63, 3.8) is 0 Å². The van der Waals surface area contributed by atoms with E-state index in [0.29, 0.717) is 5.92 Å². The minimum absolute atomic E-state index is 0.0686. The molecule has 4 heterocycles. The molecule has 0 fully saturated rings. The molecule has 66 heavy (non-hydrogen) atoms. The fourth-order valence-corrected chi connectivity index (χ4v) is 11.8. The van der Waals surface area contributed by atoms with Crippen LogP contribution < -0.4 is 4.74 Å². The van der Waals surface area contributed by atoms with Gasteiger partial charge in [-0.2, -0.15) is 0 Å². The van der Waals surface area contributed by atoms with Crippen molar-refractivity contribution in [2.75, 3.05) is 0 Å². The number of fused-ring (bicyclic) bond motifs is 12. The summed E-state index contributed by atoms with van der Waals surface area (Å²) in [4.78, 5) is 0. The molecule has 4 nitrogen and oxygen atoms in total. The number of hydrogen-bond donors (Lipinski definition) is 0. The minimum atomic E-state index is -0.725. The molecular weight excluding hydrogens is 803 g/mol. The number of aromatic nitrogens is 3. The molecule has 314 valence electrons. The first-order valence-corrected chi connectivity index (χ1v) is 23.3. The zero-order valence-corrected chi connectivity index (χ0v) is 36.8. The van der Waals surface area contributed by atoms with Gasteiger partial charge in [0.2, 0.25) is 0 Å². The Morgan fingerprint density at radius 2 is 1.11 bits per heavy atom. The molecule has 14 rings (SSSR count). The van der Waals surface area contributed by atoms with E-state index in [4.69, 9.17) is 4.74 Å². The van der Waals surface area contributed by atoms with Crippen LogP contribution >= 0.6 is 0 Å². The lowest BCUT2D eigenvalue weighted by atomic mass is 9.76. The molecule has 1 aliphatic heterocycles. The maximum absolute atomic E-state index is 7.64. The fraction of sp³-hybridized carbons (Fsp3) is 0.0968. The molecule has 4 heteroatoms. The van der Waals surface area contributed by atoms with E-state index >= 15 is 0 Å². The van der Waals surface area contributed by atoms with E-state index in [0.717, 1.165) is 29.1 Å². The van der Waals surface area contributed by atoms with Crippen molar-refractivity contribution in [1.29, 1.82) is 0 Å². The monoisotopic (exact) mass is 847 g/mol. The summed E-state index contributed by atoms with van der Waals surface area (Å²) in [5, 5.41) is 6.29. The number of nitrogens with zero attached hydrogens (tertiary/aromatic N) is 3. The summed E-state index contributed by atoms with van der Waals surface area (Å²) >= 11 is 0. The molecule has 0 saturated carbocycles. The average molecular weight is 848 g/mol. The molecule has 3 aliphatic rings. The maximum Gasteiger partial charge on any atom is 0.157 e. The van der Waals surface area contributed by atoms with E-state index < -0.39 is 5.60 Å². The van der Waals surface area contributed by atoms with E-state index in [1.807, 2.05) is 0 Å². The highest BCUT2D eigenvalue weighted by Crippen LogP contribution is 2.57. The molecule has 0 amide bonds. The third-order valence-electron chi connectivity index (χ3n) is 14.8. The molecule has 0 radical (unpaired) electrons. The minimum Gasteiger partial charge on any atom is -0.479 e. The Morgan fingerprint density at radius 1 is 0.515 bits per heavy atom. The normalized spacial score (nSPS) is 18.7. The van der Waals surface area contributed by atoms with Gasteiger partial charge in [0, 0.05) is 55.1 Å². The van der Waals surface area contributed by atoms with Crippen molar-refractivity contribution in [3.8, 4) is 28.3 Å². The summed E-state index contributed by atoms with van der Waals surface area (Å²) in [6.07, 6.45) is 10.6. The van der Waals surface area contributed by atoms with Crippen LogP contribution in [0.1, 0.15) is 42.1 Å². The molecule has 3 unspecified atom stereocenters. The summed E-state index contributed by atoms with van der Waals surface area (Å²) in [7, 11) is 0. The van der Waals surface area contributed by atoms with Gasteiger partial charge in [0.05, 0.1) is 39.2 Å². The number of ether oxygens (including phenoxy) is 1. The van der Waals surface area contributed by atoms with Gasteiger partial charge in [0.25, 0.3) is 0 Å². The molecule has 0 saturated heterocycles. The van der Waals surface area contributed by atoms with Gasteiger partial charge in [-0.15, -0.1) is 0 Å². The third kappa shape index (κ3) is 5.27. The van der Waals surface area contributed by atoms with E-state index in [2.05, 4.69) is 240 Å². The highest BCUT2D eigenvalue weighted by molar-refractivity contribution is 6.12. The first kappa shape index (κ1) is 37.3. The maximum atomic E-state index is 7.64. The largest absolute Gasteiger partial charge is 0.479 e. The van der Waals surface area contributed by atoms with Crippen LogP contribution in [0.5, 0.6) is 5.75 Å². The van der Waals surface area contributed by atoms with Crippen LogP contribution in [-0.4, -0.2) is 19.3 Å². The lowest BCUT2D eigenvalue weighted by Crippen LogP contribution is -2.39. The van der Waals surface area contributed by atoms with Crippen LogP contribution in [-0.2, 0) is 6.42 Å². The van der Waals surface area contributed by atoms with Gasteiger partial charge >= 0.3 is 0 Å².